The SMILES string of the molecule is CNc1nc([C@@H]2CCCN2)nc2c1CN(CC(=O)N1CCCC1)CC2. The summed E-state index contributed by atoms with van der Waals surface area (Å²) in [5.74, 6) is 2.11. The zero-order chi connectivity index (χ0) is 17.2. The standard InChI is InChI=1S/C18H28N6O/c1-19-17-13-11-23(12-16(25)24-8-2-3-9-24)10-6-14(13)21-18(22-17)15-5-4-7-20-15/h15,20H,2-12H2,1H3,(H,19,21,22)/t15-/m0/s1. The minimum Gasteiger partial charge on any atom is -0.373 e. The molecule has 4 heterocycles. The zero-order valence-corrected chi connectivity index (χ0v) is 15.1. The summed E-state index contributed by atoms with van der Waals surface area (Å²) in [5, 5.41) is 6.73. The Kier molecular flexibility index (Phi) is 4.85. The molecule has 136 valence electrons. The van der Waals surface area contributed by atoms with E-state index in [1.165, 1.54) is 6.42 Å². The molecular weight excluding hydrogens is 316 g/mol. The first kappa shape index (κ1) is 16.7. The molecule has 7 nitrogen and oxygen atoms in total. The Morgan fingerprint density at radius 1 is 1.24 bits per heavy atom. The van der Waals surface area contributed by atoms with Crippen LogP contribution in [0.25, 0.3) is 0 Å². The summed E-state index contributed by atoms with van der Waals surface area (Å²) >= 11 is 0. The Morgan fingerprint density at radius 2 is 2.08 bits per heavy atom. The highest BCUT2D eigenvalue weighted by molar-refractivity contribution is 5.78. The van der Waals surface area contributed by atoms with Gasteiger partial charge in [0.2, 0.25) is 5.91 Å². The second-order valence-electron chi connectivity index (χ2n) is 7.30. The molecule has 1 aromatic heterocycles. The number of likely N-dealkylation sites (tertiary alicyclic amines) is 1. The minimum atomic E-state index is 0.264. The third-order valence-corrected chi connectivity index (χ3v) is 5.58. The van der Waals surface area contributed by atoms with E-state index < -0.39 is 0 Å². The average Bonchev–Trinajstić information content (AvgIpc) is 3.34. The normalized spacial score (nSPS) is 23.7. The molecule has 1 amide bonds. The van der Waals surface area contributed by atoms with E-state index in [1.54, 1.807) is 0 Å². The van der Waals surface area contributed by atoms with Gasteiger partial charge in [0.1, 0.15) is 11.6 Å². The average molecular weight is 344 g/mol. The van der Waals surface area contributed by atoms with Crippen molar-refractivity contribution in [3.8, 4) is 0 Å². The van der Waals surface area contributed by atoms with Gasteiger partial charge in [0.15, 0.2) is 0 Å². The second-order valence-corrected chi connectivity index (χ2v) is 7.30. The van der Waals surface area contributed by atoms with Crippen LogP contribution in [0, 0.1) is 0 Å². The van der Waals surface area contributed by atoms with Crippen LogP contribution in [0.15, 0.2) is 0 Å². The molecule has 25 heavy (non-hydrogen) atoms. The van der Waals surface area contributed by atoms with Gasteiger partial charge in [-0.1, -0.05) is 0 Å². The number of fused-ring (bicyclic) bond motifs is 1. The third-order valence-electron chi connectivity index (χ3n) is 5.58. The first-order valence-electron chi connectivity index (χ1n) is 9.55. The van der Waals surface area contributed by atoms with Crippen LogP contribution in [0.3, 0.4) is 0 Å². The van der Waals surface area contributed by atoms with Crippen LogP contribution in [0.4, 0.5) is 5.82 Å². The lowest BCUT2D eigenvalue weighted by Gasteiger charge is -2.30. The summed E-state index contributed by atoms with van der Waals surface area (Å²) in [5.41, 5.74) is 2.30. The molecule has 1 aromatic rings. The molecule has 2 saturated heterocycles. The van der Waals surface area contributed by atoms with Crippen molar-refractivity contribution in [1.29, 1.82) is 0 Å². The molecule has 4 rings (SSSR count). The van der Waals surface area contributed by atoms with Crippen LogP contribution in [-0.4, -0.2) is 65.4 Å². The number of aromatic nitrogens is 2. The Balaban J connectivity index is 1.49. The summed E-state index contributed by atoms with van der Waals surface area (Å²) in [6.07, 6.45) is 5.47. The summed E-state index contributed by atoms with van der Waals surface area (Å²) in [4.78, 5) is 26.3. The van der Waals surface area contributed by atoms with Crippen molar-refractivity contribution in [3.63, 3.8) is 0 Å². The van der Waals surface area contributed by atoms with Crippen molar-refractivity contribution in [2.45, 2.75) is 44.7 Å². The van der Waals surface area contributed by atoms with Gasteiger partial charge in [0.05, 0.1) is 18.3 Å². The fourth-order valence-electron chi connectivity index (χ4n) is 4.15. The van der Waals surface area contributed by atoms with Gasteiger partial charge in [-0.2, -0.15) is 0 Å². The van der Waals surface area contributed by atoms with Gasteiger partial charge < -0.3 is 15.5 Å². The number of nitrogens with zero attached hydrogens (tertiary/aromatic N) is 4. The van der Waals surface area contributed by atoms with Crippen LogP contribution in [0.1, 0.15) is 48.8 Å². The minimum absolute atomic E-state index is 0.264. The lowest BCUT2D eigenvalue weighted by atomic mass is 10.0. The molecule has 0 aliphatic carbocycles. The Bertz CT molecular complexity index is 619. The van der Waals surface area contributed by atoms with Gasteiger partial charge in [-0.3, -0.25) is 9.69 Å². The number of carbonyl (C=O) groups is 1. The number of rotatable bonds is 4. The summed E-state index contributed by atoms with van der Waals surface area (Å²) in [6.45, 7) is 5.05. The summed E-state index contributed by atoms with van der Waals surface area (Å²) in [7, 11) is 1.92. The Hall–Kier alpha value is -1.73. The van der Waals surface area contributed by atoms with E-state index in [4.69, 9.17) is 9.97 Å². The van der Waals surface area contributed by atoms with Crippen LogP contribution in [0.2, 0.25) is 0 Å². The Labute approximate surface area is 149 Å². The van der Waals surface area contributed by atoms with Gasteiger partial charge in [-0.15, -0.1) is 0 Å². The second kappa shape index (κ2) is 7.25. The van der Waals surface area contributed by atoms with E-state index in [1.807, 2.05) is 11.9 Å². The number of anilines is 1. The largest absolute Gasteiger partial charge is 0.373 e. The fraction of sp³-hybridized carbons (Fsp3) is 0.722. The molecule has 0 aromatic carbocycles. The molecule has 3 aliphatic heterocycles. The molecule has 2 N–H and O–H groups in total. The van der Waals surface area contributed by atoms with E-state index in [-0.39, 0.29) is 11.9 Å². The fourth-order valence-corrected chi connectivity index (χ4v) is 4.15. The first-order chi connectivity index (χ1) is 12.2. The molecule has 7 heteroatoms. The number of hydrogen-bond acceptors (Lipinski definition) is 6. The summed E-state index contributed by atoms with van der Waals surface area (Å²) in [6, 6.07) is 0.284. The van der Waals surface area contributed by atoms with Gasteiger partial charge in [-0.25, -0.2) is 9.97 Å². The zero-order valence-electron chi connectivity index (χ0n) is 15.1. The monoisotopic (exact) mass is 344 g/mol. The van der Waals surface area contributed by atoms with Crippen LogP contribution in [-0.2, 0) is 17.8 Å². The van der Waals surface area contributed by atoms with Crippen molar-refractivity contribution >= 4 is 11.7 Å². The van der Waals surface area contributed by atoms with Crippen molar-refractivity contribution < 1.29 is 4.79 Å². The van der Waals surface area contributed by atoms with Crippen molar-refractivity contribution in [2.24, 2.45) is 0 Å². The molecule has 0 unspecified atom stereocenters. The molecule has 2 fully saturated rings. The van der Waals surface area contributed by atoms with E-state index in [2.05, 4.69) is 15.5 Å². The predicted octanol–water partition coefficient (Wildman–Crippen LogP) is 0.923. The molecule has 0 saturated carbocycles. The van der Waals surface area contributed by atoms with Crippen molar-refractivity contribution in [3.05, 3.63) is 17.1 Å². The maximum Gasteiger partial charge on any atom is 0.236 e. The lowest BCUT2D eigenvalue weighted by molar-refractivity contribution is -0.131. The highest BCUT2D eigenvalue weighted by atomic mass is 16.2. The van der Waals surface area contributed by atoms with E-state index in [9.17, 15) is 4.79 Å². The first-order valence-corrected chi connectivity index (χ1v) is 9.55. The van der Waals surface area contributed by atoms with Gasteiger partial charge in [-0.05, 0) is 32.2 Å². The maximum atomic E-state index is 12.4. The molecule has 0 spiro atoms. The van der Waals surface area contributed by atoms with Crippen LogP contribution < -0.4 is 10.6 Å². The topological polar surface area (TPSA) is 73.4 Å². The molecular formula is C18H28N6O. The number of carbonyl (C=O) groups excluding carboxylic acids is 1. The number of nitrogens with one attached hydrogen (secondary N) is 2. The highest BCUT2D eigenvalue weighted by Gasteiger charge is 2.28. The van der Waals surface area contributed by atoms with E-state index in [0.29, 0.717) is 6.54 Å². The van der Waals surface area contributed by atoms with Crippen LogP contribution in [0.5, 0.6) is 0 Å². The molecule has 0 bridgehead atoms. The van der Waals surface area contributed by atoms with Crippen molar-refractivity contribution in [2.75, 3.05) is 45.1 Å². The maximum absolute atomic E-state index is 12.4. The van der Waals surface area contributed by atoms with Crippen LogP contribution >= 0.6 is 0 Å². The number of hydrogen-bond donors (Lipinski definition) is 2. The molecule has 3 aliphatic rings. The smallest absolute Gasteiger partial charge is 0.236 e. The van der Waals surface area contributed by atoms with Gasteiger partial charge in [0.25, 0.3) is 0 Å². The predicted molar refractivity (Wildman–Crippen MR) is 96.4 cm³/mol. The summed E-state index contributed by atoms with van der Waals surface area (Å²) < 4.78 is 0. The lowest BCUT2D eigenvalue weighted by Crippen LogP contribution is -2.41. The van der Waals surface area contributed by atoms with Crippen molar-refractivity contribution in [1.82, 2.24) is 25.1 Å². The molecule has 0 radical (unpaired) electrons. The third kappa shape index (κ3) is 3.48. The van der Waals surface area contributed by atoms with E-state index in [0.717, 1.165) is 81.3 Å². The van der Waals surface area contributed by atoms with Gasteiger partial charge in [0, 0.05) is 45.2 Å². The quantitative estimate of drug-likeness (QED) is 0.846. The number of amides is 1. The molecule has 1 atom stereocenters. The van der Waals surface area contributed by atoms with Gasteiger partial charge >= 0.3 is 0 Å². The highest BCUT2D eigenvalue weighted by Crippen LogP contribution is 2.28. The van der Waals surface area contributed by atoms with E-state index >= 15 is 0 Å². The Morgan fingerprint density at radius 3 is 2.80 bits per heavy atom.